The number of nitro benzene ring substituents is 1. The van der Waals surface area contributed by atoms with Crippen LogP contribution < -0.4 is 10.0 Å². The third-order valence-corrected chi connectivity index (χ3v) is 5.48. The minimum absolute atomic E-state index is 0.119. The van der Waals surface area contributed by atoms with Crippen LogP contribution >= 0.6 is 0 Å². The minimum Gasteiger partial charge on any atom is -0.317 e. The normalized spacial score (nSPS) is 16.0. The van der Waals surface area contributed by atoms with Crippen LogP contribution in [0.4, 0.5) is 5.69 Å². The average Bonchev–Trinajstić information content (AvgIpc) is 3.10. The molecule has 1 aromatic heterocycles. The Kier molecular flexibility index (Phi) is 5.06. The fraction of sp³-hybridized carbons (Fsp3) is 0.429. The second-order valence-corrected chi connectivity index (χ2v) is 7.45. The highest BCUT2D eigenvalue weighted by atomic mass is 32.2. The summed E-state index contributed by atoms with van der Waals surface area (Å²) >= 11 is 0. The van der Waals surface area contributed by atoms with Crippen LogP contribution in [0.1, 0.15) is 30.4 Å². The van der Waals surface area contributed by atoms with Gasteiger partial charge in [0.15, 0.2) is 10.7 Å². The lowest BCUT2D eigenvalue weighted by atomic mass is 9.98. The molecule has 0 aliphatic carbocycles. The molecule has 1 aromatic carbocycles. The van der Waals surface area contributed by atoms with Crippen LogP contribution in [0.5, 0.6) is 0 Å². The number of aromatic amines is 1. The zero-order valence-electron chi connectivity index (χ0n) is 13.3. The van der Waals surface area contributed by atoms with Gasteiger partial charge in [0.2, 0.25) is 10.0 Å². The summed E-state index contributed by atoms with van der Waals surface area (Å²) < 4.78 is 27.0. The number of nitrogens with zero attached hydrogens (tertiary/aromatic N) is 3. The number of hydrogen-bond donors (Lipinski definition) is 3. The lowest BCUT2D eigenvalue weighted by Crippen LogP contribution is -2.27. The predicted octanol–water partition coefficient (Wildman–Crippen LogP) is 0.658. The van der Waals surface area contributed by atoms with Gasteiger partial charge in [-0.3, -0.25) is 15.2 Å². The van der Waals surface area contributed by atoms with Crippen molar-refractivity contribution < 1.29 is 13.3 Å². The van der Waals surface area contributed by atoms with Crippen molar-refractivity contribution in [2.24, 2.45) is 0 Å². The van der Waals surface area contributed by atoms with Crippen LogP contribution in [0.25, 0.3) is 0 Å². The first-order valence-electron chi connectivity index (χ1n) is 7.82. The van der Waals surface area contributed by atoms with Crippen molar-refractivity contribution in [2.75, 3.05) is 13.1 Å². The van der Waals surface area contributed by atoms with Gasteiger partial charge in [-0.2, -0.15) is 5.10 Å². The van der Waals surface area contributed by atoms with E-state index in [1.807, 2.05) is 0 Å². The third-order valence-electron chi connectivity index (χ3n) is 4.03. The van der Waals surface area contributed by atoms with Crippen molar-refractivity contribution in [3.05, 3.63) is 46.0 Å². The Morgan fingerprint density at radius 3 is 2.72 bits per heavy atom. The van der Waals surface area contributed by atoms with Gasteiger partial charge in [0.25, 0.3) is 5.69 Å². The Morgan fingerprint density at radius 2 is 2.00 bits per heavy atom. The van der Waals surface area contributed by atoms with E-state index in [-0.39, 0.29) is 17.4 Å². The van der Waals surface area contributed by atoms with Crippen molar-refractivity contribution in [1.82, 2.24) is 25.2 Å². The molecule has 2 aromatic rings. The number of H-pyrrole nitrogens is 1. The van der Waals surface area contributed by atoms with Crippen molar-refractivity contribution >= 4 is 15.7 Å². The van der Waals surface area contributed by atoms with Crippen molar-refractivity contribution in [2.45, 2.75) is 30.2 Å². The zero-order chi connectivity index (χ0) is 17.9. The number of nitro groups is 1. The molecule has 0 bridgehead atoms. The molecule has 25 heavy (non-hydrogen) atoms. The van der Waals surface area contributed by atoms with E-state index in [4.69, 9.17) is 0 Å². The van der Waals surface area contributed by atoms with Crippen LogP contribution in [0, 0.1) is 10.1 Å². The Hall–Kier alpha value is -2.37. The van der Waals surface area contributed by atoms with Gasteiger partial charge >= 0.3 is 0 Å². The summed E-state index contributed by atoms with van der Waals surface area (Å²) in [5.41, 5.74) is -0.469. The number of nitrogens with one attached hydrogen (secondary N) is 3. The molecule has 1 aliphatic rings. The monoisotopic (exact) mass is 366 g/mol. The summed E-state index contributed by atoms with van der Waals surface area (Å²) in [7, 11) is -4.04. The highest BCUT2D eigenvalue weighted by molar-refractivity contribution is 7.89. The van der Waals surface area contributed by atoms with Gasteiger partial charge in [-0.1, -0.05) is 12.1 Å². The van der Waals surface area contributed by atoms with Gasteiger partial charge in [0.05, 0.1) is 11.5 Å². The summed E-state index contributed by atoms with van der Waals surface area (Å²) in [5, 5.41) is 21.1. The minimum atomic E-state index is -4.04. The van der Waals surface area contributed by atoms with Gasteiger partial charge in [-0.05, 0) is 32.0 Å². The van der Waals surface area contributed by atoms with Crippen LogP contribution in [0.2, 0.25) is 0 Å². The second-order valence-electron chi connectivity index (χ2n) is 5.71. The molecule has 1 saturated heterocycles. The first kappa shape index (κ1) is 17.5. The van der Waals surface area contributed by atoms with Crippen molar-refractivity contribution in [1.29, 1.82) is 0 Å². The second kappa shape index (κ2) is 7.25. The lowest BCUT2D eigenvalue weighted by Gasteiger charge is -2.19. The van der Waals surface area contributed by atoms with E-state index < -0.39 is 20.6 Å². The van der Waals surface area contributed by atoms with E-state index >= 15 is 0 Å². The number of para-hydroxylation sites is 1. The summed E-state index contributed by atoms with van der Waals surface area (Å²) in [6.45, 7) is 1.68. The maximum absolute atomic E-state index is 12.4. The van der Waals surface area contributed by atoms with E-state index in [1.165, 1.54) is 18.2 Å². The molecule has 0 unspecified atom stereocenters. The number of hydrogen-bond acceptors (Lipinski definition) is 7. The molecular weight excluding hydrogens is 348 g/mol. The van der Waals surface area contributed by atoms with Crippen LogP contribution in [0.15, 0.2) is 29.2 Å². The van der Waals surface area contributed by atoms with Gasteiger partial charge in [0.1, 0.15) is 5.82 Å². The standard InChI is InChI=1S/C14H18N6O4S/c21-20(22)11-3-1-2-4-12(11)25(23,24)16-9-13-17-14(19-18-13)10-5-7-15-8-6-10/h1-4,10,15-16H,5-9H2,(H,17,18,19). The summed E-state index contributed by atoms with van der Waals surface area (Å²) in [6, 6.07) is 5.20. The van der Waals surface area contributed by atoms with Crippen LogP contribution in [0.3, 0.4) is 0 Å². The molecule has 1 aliphatic heterocycles. The highest BCUT2D eigenvalue weighted by Gasteiger charge is 2.25. The summed E-state index contributed by atoms with van der Waals surface area (Å²) in [5.74, 6) is 1.29. The largest absolute Gasteiger partial charge is 0.317 e. The van der Waals surface area contributed by atoms with E-state index in [1.54, 1.807) is 0 Å². The maximum Gasteiger partial charge on any atom is 0.289 e. The molecule has 3 N–H and O–H groups in total. The molecule has 0 atom stereocenters. The number of piperidine rings is 1. The maximum atomic E-state index is 12.4. The molecule has 0 saturated carbocycles. The first-order valence-corrected chi connectivity index (χ1v) is 9.30. The Bertz CT molecular complexity index is 860. The highest BCUT2D eigenvalue weighted by Crippen LogP contribution is 2.23. The van der Waals surface area contributed by atoms with Gasteiger partial charge in [-0.25, -0.2) is 18.1 Å². The first-order chi connectivity index (χ1) is 12.0. The number of rotatable bonds is 6. The smallest absolute Gasteiger partial charge is 0.289 e. The fourth-order valence-electron chi connectivity index (χ4n) is 2.73. The Morgan fingerprint density at radius 1 is 1.28 bits per heavy atom. The molecule has 11 heteroatoms. The molecule has 0 radical (unpaired) electrons. The molecule has 134 valence electrons. The van der Waals surface area contributed by atoms with E-state index in [2.05, 4.69) is 25.2 Å². The van der Waals surface area contributed by atoms with E-state index in [9.17, 15) is 18.5 Å². The van der Waals surface area contributed by atoms with Crippen LogP contribution in [-0.2, 0) is 16.6 Å². The summed E-state index contributed by atoms with van der Waals surface area (Å²) in [4.78, 5) is 14.2. The van der Waals surface area contributed by atoms with Crippen LogP contribution in [-0.4, -0.2) is 41.6 Å². The zero-order valence-corrected chi connectivity index (χ0v) is 14.1. The lowest BCUT2D eigenvalue weighted by molar-refractivity contribution is -0.387. The topological polar surface area (TPSA) is 143 Å². The van der Waals surface area contributed by atoms with E-state index in [0.29, 0.717) is 11.6 Å². The molecule has 0 amide bonds. The van der Waals surface area contributed by atoms with E-state index in [0.717, 1.165) is 32.0 Å². The quantitative estimate of drug-likeness (QED) is 0.503. The Balaban J connectivity index is 1.71. The fourth-order valence-corrected chi connectivity index (χ4v) is 3.89. The summed E-state index contributed by atoms with van der Waals surface area (Å²) in [6.07, 6.45) is 1.86. The average molecular weight is 366 g/mol. The van der Waals surface area contributed by atoms with Gasteiger partial charge in [-0.15, -0.1) is 0 Å². The SMILES string of the molecule is O=[N+]([O-])c1ccccc1S(=O)(=O)NCc1nc(C2CCNCC2)n[nH]1. The Labute approximate surface area is 144 Å². The molecule has 3 rings (SSSR count). The number of aromatic nitrogens is 3. The number of benzene rings is 1. The molecular formula is C14H18N6O4S. The van der Waals surface area contributed by atoms with Gasteiger partial charge < -0.3 is 5.32 Å². The predicted molar refractivity (Wildman–Crippen MR) is 88.3 cm³/mol. The molecule has 1 fully saturated rings. The number of sulfonamides is 1. The van der Waals surface area contributed by atoms with Crippen molar-refractivity contribution in [3.63, 3.8) is 0 Å². The van der Waals surface area contributed by atoms with Crippen molar-refractivity contribution in [3.8, 4) is 0 Å². The third kappa shape index (κ3) is 4.00. The van der Waals surface area contributed by atoms with Gasteiger partial charge in [0, 0.05) is 12.0 Å². The molecule has 0 spiro atoms. The molecule has 2 heterocycles. The molecule has 10 nitrogen and oxygen atoms in total.